The topological polar surface area (TPSA) is 65.4 Å². The molecule has 27 heavy (non-hydrogen) atoms. The molecule has 0 bridgehead atoms. The molecule has 1 unspecified atom stereocenters. The minimum atomic E-state index is -0.470. The highest BCUT2D eigenvalue weighted by Gasteiger charge is 2.23. The number of ether oxygens (including phenoxy) is 2. The number of rotatable bonds is 7. The zero-order valence-corrected chi connectivity index (χ0v) is 15.8. The Morgan fingerprint density at radius 3 is 2.63 bits per heavy atom. The van der Waals surface area contributed by atoms with Crippen LogP contribution in [0.3, 0.4) is 0 Å². The first-order valence-corrected chi connectivity index (χ1v) is 8.74. The number of hydrogen-bond donors (Lipinski definition) is 1. The van der Waals surface area contributed by atoms with Crippen LogP contribution in [0.15, 0.2) is 60.9 Å². The normalized spacial score (nSPS) is 11.7. The number of imidazole rings is 1. The lowest BCUT2D eigenvalue weighted by atomic mass is 10.0. The van der Waals surface area contributed by atoms with Gasteiger partial charge in [0.15, 0.2) is 6.61 Å². The number of benzene rings is 2. The predicted octanol–water partition coefficient (Wildman–Crippen LogP) is 3.37. The molecule has 0 spiro atoms. The van der Waals surface area contributed by atoms with E-state index < -0.39 is 6.04 Å². The Morgan fingerprint density at radius 1 is 1.22 bits per heavy atom. The van der Waals surface area contributed by atoms with Crippen LogP contribution in [0.25, 0.3) is 0 Å². The fourth-order valence-corrected chi connectivity index (χ4v) is 2.85. The minimum Gasteiger partial charge on any atom is -0.496 e. The smallest absolute Gasteiger partial charge is 0.258 e. The summed E-state index contributed by atoms with van der Waals surface area (Å²) in [6.45, 7) is -0.127. The Labute approximate surface area is 162 Å². The molecular weight excluding hydrogens is 366 g/mol. The summed E-state index contributed by atoms with van der Waals surface area (Å²) in [5, 5.41) is 3.59. The molecule has 1 atom stereocenters. The number of hydrogen-bond acceptors (Lipinski definition) is 4. The van der Waals surface area contributed by atoms with Crippen molar-refractivity contribution in [3.8, 4) is 11.5 Å². The highest BCUT2D eigenvalue weighted by atomic mass is 35.5. The zero-order chi connectivity index (χ0) is 19.2. The van der Waals surface area contributed by atoms with Gasteiger partial charge in [-0.05, 0) is 30.3 Å². The molecule has 0 radical (unpaired) electrons. The van der Waals surface area contributed by atoms with Gasteiger partial charge >= 0.3 is 0 Å². The molecule has 1 aromatic heterocycles. The summed E-state index contributed by atoms with van der Waals surface area (Å²) in [6, 6.07) is 13.9. The maximum atomic E-state index is 12.5. The molecule has 0 saturated heterocycles. The summed E-state index contributed by atoms with van der Waals surface area (Å²) in [6.07, 6.45) is 3.52. The second-order valence-electron chi connectivity index (χ2n) is 5.88. The molecule has 0 aliphatic carbocycles. The summed E-state index contributed by atoms with van der Waals surface area (Å²) in [5.41, 5.74) is 0.814. The van der Waals surface area contributed by atoms with Crippen molar-refractivity contribution < 1.29 is 14.3 Å². The summed E-state index contributed by atoms with van der Waals surface area (Å²) >= 11 is 5.86. The summed E-state index contributed by atoms with van der Waals surface area (Å²) in [7, 11) is 3.47. The van der Waals surface area contributed by atoms with Crippen LogP contribution in [0, 0.1) is 0 Å². The number of carbonyl (C=O) groups is 1. The first-order valence-electron chi connectivity index (χ1n) is 8.36. The van der Waals surface area contributed by atoms with E-state index in [1.54, 1.807) is 37.6 Å². The standard InChI is InChI=1S/C20H20ClN3O3/c1-24-12-11-22-20(24)19(16-5-3-4-6-17(16)26-2)23-18(25)13-27-15-9-7-14(21)8-10-15/h3-12,19H,13H2,1-2H3,(H,23,25). The second-order valence-corrected chi connectivity index (χ2v) is 6.32. The van der Waals surface area contributed by atoms with E-state index in [2.05, 4.69) is 10.3 Å². The van der Waals surface area contributed by atoms with Gasteiger partial charge in [0.05, 0.1) is 7.11 Å². The van der Waals surface area contributed by atoms with Crippen molar-refractivity contribution in [1.29, 1.82) is 0 Å². The average molecular weight is 386 g/mol. The van der Waals surface area contributed by atoms with Gasteiger partial charge in [-0.15, -0.1) is 0 Å². The maximum Gasteiger partial charge on any atom is 0.258 e. The summed E-state index contributed by atoms with van der Waals surface area (Å²) in [5.74, 6) is 1.66. The van der Waals surface area contributed by atoms with Crippen LogP contribution >= 0.6 is 11.6 Å². The van der Waals surface area contributed by atoms with Crippen LogP contribution in [0.4, 0.5) is 0 Å². The number of nitrogens with one attached hydrogen (secondary N) is 1. The van der Waals surface area contributed by atoms with Crippen molar-refractivity contribution in [2.24, 2.45) is 7.05 Å². The van der Waals surface area contributed by atoms with Crippen molar-refractivity contribution in [3.63, 3.8) is 0 Å². The van der Waals surface area contributed by atoms with E-state index in [-0.39, 0.29) is 12.5 Å². The van der Waals surface area contributed by atoms with Crippen LogP contribution in [-0.2, 0) is 11.8 Å². The molecule has 3 rings (SSSR count). The Bertz CT molecular complexity index is 909. The quantitative estimate of drug-likeness (QED) is 0.677. The molecule has 1 amide bonds. The van der Waals surface area contributed by atoms with Crippen molar-refractivity contribution >= 4 is 17.5 Å². The van der Waals surface area contributed by atoms with Gasteiger partial charge in [-0.25, -0.2) is 4.98 Å². The predicted molar refractivity (Wildman–Crippen MR) is 103 cm³/mol. The SMILES string of the molecule is COc1ccccc1C(NC(=O)COc1ccc(Cl)cc1)c1nccn1C. The monoisotopic (exact) mass is 385 g/mol. The first-order chi connectivity index (χ1) is 13.1. The molecule has 3 aromatic rings. The van der Waals surface area contributed by atoms with Gasteiger partial charge in [0.25, 0.3) is 5.91 Å². The number of amides is 1. The van der Waals surface area contributed by atoms with Crippen molar-refractivity contribution in [2.75, 3.05) is 13.7 Å². The molecule has 6 nitrogen and oxygen atoms in total. The van der Waals surface area contributed by atoms with E-state index in [9.17, 15) is 4.79 Å². The molecule has 2 aromatic carbocycles. The van der Waals surface area contributed by atoms with Crippen LogP contribution in [0.5, 0.6) is 11.5 Å². The minimum absolute atomic E-state index is 0.127. The number of methoxy groups -OCH3 is 1. The molecule has 0 saturated carbocycles. The third-order valence-corrected chi connectivity index (χ3v) is 4.31. The van der Waals surface area contributed by atoms with E-state index in [4.69, 9.17) is 21.1 Å². The van der Waals surface area contributed by atoms with Gasteiger partial charge in [0, 0.05) is 30.0 Å². The van der Waals surface area contributed by atoms with Crippen LogP contribution in [-0.4, -0.2) is 29.2 Å². The molecule has 0 aliphatic rings. The lowest BCUT2D eigenvalue weighted by molar-refractivity contribution is -0.123. The van der Waals surface area contributed by atoms with Crippen molar-refractivity contribution in [2.45, 2.75) is 6.04 Å². The maximum absolute atomic E-state index is 12.5. The van der Waals surface area contributed by atoms with Gasteiger partial charge in [-0.3, -0.25) is 4.79 Å². The van der Waals surface area contributed by atoms with Crippen LogP contribution < -0.4 is 14.8 Å². The van der Waals surface area contributed by atoms with Crippen molar-refractivity contribution in [1.82, 2.24) is 14.9 Å². The molecular formula is C20H20ClN3O3. The molecule has 1 N–H and O–H groups in total. The molecule has 140 valence electrons. The lowest BCUT2D eigenvalue weighted by Gasteiger charge is -2.21. The van der Waals surface area contributed by atoms with Gasteiger partial charge in [-0.1, -0.05) is 29.8 Å². The van der Waals surface area contributed by atoms with Gasteiger partial charge in [0.1, 0.15) is 23.4 Å². The van der Waals surface area contributed by atoms with E-state index in [1.165, 1.54) is 0 Å². The third kappa shape index (κ3) is 4.60. The average Bonchev–Trinajstić information content (AvgIpc) is 3.11. The van der Waals surface area contributed by atoms with Gasteiger partial charge < -0.3 is 19.4 Å². The molecule has 0 aliphatic heterocycles. The first kappa shape index (κ1) is 18.8. The van der Waals surface area contributed by atoms with Gasteiger partial charge in [0.2, 0.25) is 0 Å². The highest BCUT2D eigenvalue weighted by molar-refractivity contribution is 6.30. The number of aromatic nitrogens is 2. The lowest BCUT2D eigenvalue weighted by Crippen LogP contribution is -2.34. The fraction of sp³-hybridized carbons (Fsp3) is 0.200. The van der Waals surface area contributed by atoms with E-state index in [0.717, 1.165) is 5.56 Å². The van der Waals surface area contributed by atoms with Crippen molar-refractivity contribution in [3.05, 3.63) is 77.3 Å². The van der Waals surface area contributed by atoms with Crippen LogP contribution in [0.1, 0.15) is 17.4 Å². The van der Waals surface area contributed by atoms with Gasteiger partial charge in [-0.2, -0.15) is 0 Å². The largest absolute Gasteiger partial charge is 0.496 e. The van der Waals surface area contributed by atoms with Crippen LogP contribution in [0.2, 0.25) is 5.02 Å². The number of aryl methyl sites for hydroxylation is 1. The number of halogens is 1. The summed E-state index contributed by atoms with van der Waals surface area (Å²) < 4.78 is 12.8. The molecule has 1 heterocycles. The molecule has 7 heteroatoms. The van der Waals surface area contributed by atoms with E-state index in [0.29, 0.717) is 22.3 Å². The Morgan fingerprint density at radius 2 is 1.96 bits per heavy atom. The highest BCUT2D eigenvalue weighted by Crippen LogP contribution is 2.29. The fourth-order valence-electron chi connectivity index (χ4n) is 2.72. The third-order valence-electron chi connectivity index (χ3n) is 4.06. The zero-order valence-electron chi connectivity index (χ0n) is 15.1. The Hall–Kier alpha value is -2.99. The Balaban J connectivity index is 1.78. The number of nitrogens with zero attached hydrogens (tertiary/aromatic N) is 2. The number of para-hydroxylation sites is 1. The molecule has 0 fully saturated rings. The number of carbonyl (C=O) groups excluding carboxylic acids is 1. The summed E-state index contributed by atoms with van der Waals surface area (Å²) in [4.78, 5) is 16.9. The Kier molecular flexibility index (Phi) is 5.98. The second kappa shape index (κ2) is 8.60. The van der Waals surface area contributed by atoms with E-state index >= 15 is 0 Å². The van der Waals surface area contributed by atoms with E-state index in [1.807, 2.05) is 42.1 Å².